The van der Waals surface area contributed by atoms with Crippen molar-refractivity contribution in [1.29, 1.82) is 0 Å². The smallest absolute Gasteiger partial charge is 0.251 e. The van der Waals surface area contributed by atoms with E-state index in [0.29, 0.717) is 17.7 Å². The van der Waals surface area contributed by atoms with Gasteiger partial charge in [-0.1, -0.05) is 12.1 Å². The lowest BCUT2D eigenvalue weighted by Crippen LogP contribution is -2.41. The fraction of sp³-hybridized carbons (Fsp3) is 0.350. The third-order valence-electron chi connectivity index (χ3n) is 4.38. The zero-order valence-corrected chi connectivity index (χ0v) is 16.7. The van der Waals surface area contributed by atoms with Crippen LogP contribution in [0.4, 0.5) is 5.69 Å². The largest absolute Gasteiger partial charge is 0.487 e. The van der Waals surface area contributed by atoms with Crippen molar-refractivity contribution in [3.05, 3.63) is 59.2 Å². The lowest BCUT2D eigenvalue weighted by Gasteiger charge is -2.38. The summed E-state index contributed by atoms with van der Waals surface area (Å²) >= 11 is 0. The summed E-state index contributed by atoms with van der Waals surface area (Å²) in [6, 6.07) is 12.2. The number of hydrogen-bond donors (Lipinski definition) is 2. The van der Waals surface area contributed by atoms with Crippen molar-refractivity contribution in [2.45, 2.75) is 38.8 Å². The van der Waals surface area contributed by atoms with Crippen molar-refractivity contribution in [3.63, 3.8) is 0 Å². The van der Waals surface area contributed by atoms with E-state index < -0.39 is 10.0 Å². The molecule has 144 valence electrons. The van der Waals surface area contributed by atoms with E-state index in [2.05, 4.69) is 10.0 Å². The molecule has 3 rings (SSSR count). The molecule has 1 amide bonds. The van der Waals surface area contributed by atoms with Crippen molar-refractivity contribution in [2.75, 3.05) is 11.0 Å². The Balaban J connectivity index is 1.79. The van der Waals surface area contributed by atoms with Gasteiger partial charge in [0.15, 0.2) is 0 Å². The monoisotopic (exact) mass is 388 g/mol. The average molecular weight is 388 g/mol. The number of nitrogens with one attached hydrogen (secondary N) is 2. The van der Waals surface area contributed by atoms with E-state index in [9.17, 15) is 13.2 Å². The molecule has 0 saturated heterocycles. The molecule has 0 saturated carbocycles. The van der Waals surface area contributed by atoms with Crippen LogP contribution >= 0.6 is 0 Å². The summed E-state index contributed by atoms with van der Waals surface area (Å²) < 4.78 is 31.0. The topological polar surface area (TPSA) is 84.5 Å². The van der Waals surface area contributed by atoms with Gasteiger partial charge in [0.1, 0.15) is 11.4 Å². The highest BCUT2D eigenvalue weighted by atomic mass is 32.2. The number of carbonyl (C=O) groups excluding carboxylic acids is 1. The molecule has 0 fully saturated rings. The SMILES string of the molecule is Cc1ccc2c(c1)OC(C)(C)CC2NC(=O)c1ccc(NS(C)(=O)=O)cc1. The van der Waals surface area contributed by atoms with Crippen LogP contribution in [0.5, 0.6) is 5.75 Å². The number of benzene rings is 2. The summed E-state index contributed by atoms with van der Waals surface area (Å²) in [5, 5.41) is 3.08. The highest BCUT2D eigenvalue weighted by Crippen LogP contribution is 2.40. The molecule has 27 heavy (non-hydrogen) atoms. The Hall–Kier alpha value is -2.54. The van der Waals surface area contributed by atoms with Crippen molar-refractivity contribution in [1.82, 2.24) is 5.32 Å². The fourth-order valence-corrected chi connectivity index (χ4v) is 3.80. The first-order chi connectivity index (χ1) is 12.5. The first-order valence-corrected chi connectivity index (χ1v) is 10.6. The molecule has 1 unspecified atom stereocenters. The molecule has 2 aromatic rings. The van der Waals surface area contributed by atoms with Crippen LogP contribution in [-0.4, -0.2) is 26.2 Å². The van der Waals surface area contributed by atoms with Gasteiger partial charge in [-0.2, -0.15) is 0 Å². The first-order valence-electron chi connectivity index (χ1n) is 8.71. The van der Waals surface area contributed by atoms with E-state index in [-0.39, 0.29) is 17.6 Å². The predicted molar refractivity (Wildman–Crippen MR) is 106 cm³/mol. The van der Waals surface area contributed by atoms with Crippen molar-refractivity contribution in [3.8, 4) is 5.75 Å². The molecule has 0 bridgehead atoms. The summed E-state index contributed by atoms with van der Waals surface area (Å²) in [6.45, 7) is 6.01. The predicted octanol–water partition coefficient (Wildman–Crippen LogP) is 3.40. The third kappa shape index (κ3) is 4.80. The summed E-state index contributed by atoms with van der Waals surface area (Å²) in [4.78, 5) is 12.7. The van der Waals surface area contributed by atoms with Gasteiger partial charge in [0, 0.05) is 23.2 Å². The zero-order chi connectivity index (χ0) is 19.8. The number of ether oxygens (including phenoxy) is 1. The summed E-state index contributed by atoms with van der Waals surface area (Å²) in [7, 11) is -3.35. The molecule has 1 aliphatic heterocycles. The number of fused-ring (bicyclic) bond motifs is 1. The second kappa shape index (κ2) is 6.88. The van der Waals surface area contributed by atoms with Gasteiger partial charge in [-0.05, 0) is 56.7 Å². The van der Waals surface area contributed by atoms with E-state index in [0.717, 1.165) is 23.1 Å². The van der Waals surface area contributed by atoms with Gasteiger partial charge in [-0.3, -0.25) is 9.52 Å². The van der Waals surface area contributed by atoms with Gasteiger partial charge >= 0.3 is 0 Å². The van der Waals surface area contributed by atoms with Crippen LogP contribution in [0.3, 0.4) is 0 Å². The van der Waals surface area contributed by atoms with E-state index >= 15 is 0 Å². The molecule has 1 heterocycles. The molecular weight excluding hydrogens is 364 g/mol. The van der Waals surface area contributed by atoms with Crippen LogP contribution in [0.15, 0.2) is 42.5 Å². The number of carbonyl (C=O) groups is 1. The minimum atomic E-state index is -3.35. The van der Waals surface area contributed by atoms with Crippen LogP contribution in [-0.2, 0) is 10.0 Å². The minimum Gasteiger partial charge on any atom is -0.487 e. The summed E-state index contributed by atoms with van der Waals surface area (Å²) in [5.41, 5.74) is 2.56. The van der Waals surface area contributed by atoms with Crippen LogP contribution in [0.1, 0.15) is 47.8 Å². The van der Waals surface area contributed by atoms with E-state index in [4.69, 9.17) is 4.74 Å². The fourth-order valence-electron chi connectivity index (χ4n) is 3.23. The molecule has 6 nitrogen and oxygen atoms in total. The Labute approximate surface area is 160 Å². The quantitative estimate of drug-likeness (QED) is 0.841. The molecule has 1 aliphatic rings. The zero-order valence-electron chi connectivity index (χ0n) is 15.9. The second-order valence-corrected chi connectivity index (χ2v) is 9.33. The standard InChI is InChI=1S/C20H24N2O4S/c1-13-5-10-16-17(12-20(2,3)26-18(16)11-13)21-19(23)14-6-8-15(9-7-14)22-27(4,24)25/h5-11,17,22H,12H2,1-4H3,(H,21,23). The molecule has 7 heteroatoms. The van der Waals surface area contributed by atoms with Crippen molar-refractivity contribution >= 4 is 21.6 Å². The Morgan fingerprint density at radius 2 is 1.81 bits per heavy atom. The van der Waals surface area contributed by atoms with Gasteiger partial charge < -0.3 is 10.1 Å². The maximum absolute atomic E-state index is 12.7. The maximum Gasteiger partial charge on any atom is 0.251 e. The van der Waals surface area contributed by atoms with Crippen LogP contribution < -0.4 is 14.8 Å². The highest BCUT2D eigenvalue weighted by molar-refractivity contribution is 7.92. The Morgan fingerprint density at radius 1 is 1.15 bits per heavy atom. The van der Waals surface area contributed by atoms with Gasteiger partial charge in [-0.25, -0.2) is 8.42 Å². The molecular formula is C20H24N2O4S. The lowest BCUT2D eigenvalue weighted by molar-refractivity contribution is 0.0619. The number of rotatable bonds is 4. The lowest BCUT2D eigenvalue weighted by atomic mass is 9.89. The van der Waals surface area contributed by atoms with Gasteiger partial charge in [-0.15, -0.1) is 0 Å². The van der Waals surface area contributed by atoms with Crippen molar-refractivity contribution < 1.29 is 17.9 Å². The van der Waals surface area contributed by atoms with Crippen LogP contribution in [0, 0.1) is 6.92 Å². The number of amides is 1. The Morgan fingerprint density at radius 3 is 2.44 bits per heavy atom. The first kappa shape index (κ1) is 19.2. The number of hydrogen-bond acceptors (Lipinski definition) is 4. The van der Waals surface area contributed by atoms with Crippen LogP contribution in [0.25, 0.3) is 0 Å². The van der Waals surface area contributed by atoms with Crippen molar-refractivity contribution in [2.24, 2.45) is 0 Å². The molecule has 2 aromatic carbocycles. The Bertz CT molecular complexity index is 966. The second-order valence-electron chi connectivity index (χ2n) is 7.58. The van der Waals surface area contributed by atoms with E-state index in [1.165, 1.54) is 0 Å². The third-order valence-corrected chi connectivity index (χ3v) is 4.99. The van der Waals surface area contributed by atoms with E-state index in [1.807, 2.05) is 39.0 Å². The molecule has 0 aliphatic carbocycles. The number of anilines is 1. The molecule has 0 spiro atoms. The highest BCUT2D eigenvalue weighted by Gasteiger charge is 2.34. The average Bonchev–Trinajstić information content (AvgIpc) is 2.52. The molecule has 2 N–H and O–H groups in total. The number of sulfonamides is 1. The maximum atomic E-state index is 12.7. The number of aryl methyl sites for hydroxylation is 1. The summed E-state index contributed by atoms with van der Waals surface area (Å²) in [5.74, 6) is 0.583. The molecule has 1 atom stereocenters. The normalized spacial score (nSPS) is 18.1. The van der Waals surface area contributed by atoms with Gasteiger partial charge in [0.2, 0.25) is 10.0 Å². The van der Waals surface area contributed by atoms with Gasteiger partial charge in [0.25, 0.3) is 5.91 Å². The van der Waals surface area contributed by atoms with Gasteiger partial charge in [0.05, 0.1) is 12.3 Å². The molecule has 0 radical (unpaired) electrons. The summed E-state index contributed by atoms with van der Waals surface area (Å²) in [6.07, 6.45) is 1.74. The Kier molecular flexibility index (Phi) is 4.90. The van der Waals surface area contributed by atoms with E-state index in [1.54, 1.807) is 24.3 Å². The molecule has 0 aromatic heterocycles. The minimum absolute atomic E-state index is 0.161. The van der Waals surface area contributed by atoms with Crippen LogP contribution in [0.2, 0.25) is 0 Å².